The molecule has 0 bridgehead atoms. The minimum absolute atomic E-state index is 0.0412. The molecular weight excluding hydrogens is 402 g/mol. The molecule has 156 valence electrons. The third-order valence-corrected chi connectivity index (χ3v) is 7.11. The number of carbonyl (C=O) groups excluding carboxylic acids is 1. The van der Waals surface area contributed by atoms with Crippen LogP contribution in [-0.2, 0) is 9.84 Å². The van der Waals surface area contributed by atoms with Crippen molar-refractivity contribution in [3.8, 4) is 11.5 Å². The standard InChI is InChI=1S/C20H28ClNO5S/c1-3-5-9-27-19-17(21)11-14(12-18(19)26-4-2)20(23)22(15-6-7-15)16-8-10-28(24,25)13-16/h11-12,15-16H,3-10,13H2,1-2H3. The zero-order valence-electron chi connectivity index (χ0n) is 16.4. The summed E-state index contributed by atoms with van der Waals surface area (Å²) >= 11 is 6.43. The molecule has 1 heterocycles. The maximum absolute atomic E-state index is 13.3. The summed E-state index contributed by atoms with van der Waals surface area (Å²) in [5, 5.41) is 0.334. The second kappa shape index (κ2) is 8.91. The van der Waals surface area contributed by atoms with Gasteiger partial charge in [-0.3, -0.25) is 4.79 Å². The highest BCUT2D eigenvalue weighted by atomic mass is 35.5. The Labute approximate surface area is 172 Å². The number of nitrogens with zero attached hydrogens (tertiary/aromatic N) is 1. The largest absolute Gasteiger partial charge is 0.490 e. The van der Waals surface area contributed by atoms with Crippen molar-refractivity contribution in [1.82, 2.24) is 4.90 Å². The van der Waals surface area contributed by atoms with Crippen molar-refractivity contribution >= 4 is 27.3 Å². The van der Waals surface area contributed by atoms with Gasteiger partial charge in [-0.1, -0.05) is 24.9 Å². The fourth-order valence-corrected chi connectivity index (χ4v) is 5.52. The monoisotopic (exact) mass is 429 g/mol. The number of hydrogen-bond acceptors (Lipinski definition) is 5. The second-order valence-electron chi connectivity index (χ2n) is 7.42. The van der Waals surface area contributed by atoms with Gasteiger partial charge in [0.15, 0.2) is 21.3 Å². The fraction of sp³-hybridized carbons (Fsp3) is 0.650. The Morgan fingerprint density at radius 2 is 1.93 bits per heavy atom. The summed E-state index contributed by atoms with van der Waals surface area (Å²) < 4.78 is 35.3. The van der Waals surface area contributed by atoms with E-state index in [9.17, 15) is 13.2 Å². The van der Waals surface area contributed by atoms with E-state index in [0.717, 1.165) is 25.7 Å². The molecule has 0 spiro atoms. The van der Waals surface area contributed by atoms with Gasteiger partial charge in [-0.15, -0.1) is 0 Å². The van der Waals surface area contributed by atoms with Crippen LogP contribution in [0.1, 0.15) is 56.3 Å². The summed E-state index contributed by atoms with van der Waals surface area (Å²) in [6.45, 7) is 4.88. The van der Waals surface area contributed by atoms with Crippen molar-refractivity contribution in [1.29, 1.82) is 0 Å². The summed E-state index contributed by atoms with van der Waals surface area (Å²) in [6.07, 6.45) is 4.21. The van der Waals surface area contributed by atoms with E-state index in [2.05, 4.69) is 6.92 Å². The number of benzene rings is 1. The molecule has 6 nitrogen and oxygen atoms in total. The third-order valence-electron chi connectivity index (χ3n) is 5.08. The number of rotatable bonds is 9. The Bertz CT molecular complexity index is 822. The van der Waals surface area contributed by atoms with E-state index in [0.29, 0.717) is 41.7 Å². The van der Waals surface area contributed by atoms with Crippen LogP contribution in [-0.4, -0.2) is 56.0 Å². The Kier molecular flexibility index (Phi) is 6.76. The quantitative estimate of drug-likeness (QED) is 0.559. The smallest absolute Gasteiger partial charge is 0.254 e. The SMILES string of the molecule is CCCCOc1c(Cl)cc(C(=O)N(C2CC2)C2CCS(=O)(=O)C2)cc1OCC. The van der Waals surface area contributed by atoms with Crippen molar-refractivity contribution < 1.29 is 22.7 Å². The molecule has 2 fully saturated rings. The average molecular weight is 430 g/mol. The molecule has 3 rings (SSSR count). The second-order valence-corrected chi connectivity index (χ2v) is 10.1. The number of sulfone groups is 1. The van der Waals surface area contributed by atoms with Gasteiger partial charge in [0.2, 0.25) is 0 Å². The summed E-state index contributed by atoms with van der Waals surface area (Å²) in [5.41, 5.74) is 0.410. The van der Waals surface area contributed by atoms with Gasteiger partial charge < -0.3 is 14.4 Å². The van der Waals surface area contributed by atoms with Crippen molar-refractivity contribution in [2.75, 3.05) is 24.7 Å². The zero-order valence-corrected chi connectivity index (χ0v) is 18.0. The first-order valence-corrected chi connectivity index (χ1v) is 12.2. The van der Waals surface area contributed by atoms with Crippen LogP contribution in [0.25, 0.3) is 0 Å². The van der Waals surface area contributed by atoms with Crippen LogP contribution < -0.4 is 9.47 Å². The van der Waals surface area contributed by atoms with Gasteiger partial charge in [-0.05, 0) is 44.7 Å². The lowest BCUT2D eigenvalue weighted by Gasteiger charge is -2.29. The van der Waals surface area contributed by atoms with Crippen LogP contribution in [0.15, 0.2) is 12.1 Å². The molecule has 1 atom stereocenters. The molecule has 2 aliphatic rings. The van der Waals surface area contributed by atoms with Gasteiger partial charge in [-0.2, -0.15) is 0 Å². The van der Waals surface area contributed by atoms with E-state index in [1.54, 1.807) is 17.0 Å². The van der Waals surface area contributed by atoms with Crippen LogP contribution in [0.3, 0.4) is 0 Å². The van der Waals surface area contributed by atoms with Gasteiger partial charge >= 0.3 is 0 Å². The number of halogens is 1. The lowest BCUT2D eigenvalue weighted by atomic mass is 10.1. The van der Waals surface area contributed by atoms with Crippen LogP contribution in [0.2, 0.25) is 5.02 Å². The molecule has 0 aromatic heterocycles. The highest BCUT2D eigenvalue weighted by molar-refractivity contribution is 7.91. The Hall–Kier alpha value is -1.47. The molecule has 1 aliphatic carbocycles. The predicted molar refractivity (Wildman–Crippen MR) is 109 cm³/mol. The van der Waals surface area contributed by atoms with E-state index in [1.165, 1.54) is 0 Å². The van der Waals surface area contributed by atoms with Gasteiger partial charge in [0, 0.05) is 17.6 Å². The Balaban J connectivity index is 1.87. The highest BCUT2D eigenvalue weighted by Crippen LogP contribution is 2.39. The molecule has 28 heavy (non-hydrogen) atoms. The molecule has 1 saturated carbocycles. The molecule has 1 unspecified atom stereocenters. The molecule has 1 saturated heterocycles. The summed E-state index contributed by atoms with van der Waals surface area (Å²) in [7, 11) is -3.07. The number of hydrogen-bond donors (Lipinski definition) is 0. The number of ether oxygens (including phenoxy) is 2. The summed E-state index contributed by atoms with van der Waals surface area (Å²) in [4.78, 5) is 15.0. The van der Waals surface area contributed by atoms with Crippen LogP contribution in [0, 0.1) is 0 Å². The van der Waals surface area contributed by atoms with Gasteiger partial charge in [0.25, 0.3) is 5.91 Å². The predicted octanol–water partition coefficient (Wildman–Crippen LogP) is 3.71. The van der Waals surface area contributed by atoms with Crippen LogP contribution >= 0.6 is 11.6 Å². The van der Waals surface area contributed by atoms with Crippen molar-refractivity contribution in [3.63, 3.8) is 0 Å². The third kappa shape index (κ3) is 4.92. The van der Waals surface area contributed by atoms with Crippen molar-refractivity contribution in [3.05, 3.63) is 22.7 Å². The molecule has 1 amide bonds. The first kappa shape index (κ1) is 21.2. The Morgan fingerprint density at radius 3 is 2.50 bits per heavy atom. The van der Waals surface area contributed by atoms with Crippen LogP contribution in [0.4, 0.5) is 0 Å². The van der Waals surface area contributed by atoms with E-state index in [-0.39, 0.29) is 29.5 Å². The topological polar surface area (TPSA) is 72.9 Å². The molecule has 0 radical (unpaired) electrons. The van der Waals surface area contributed by atoms with E-state index in [1.807, 2.05) is 6.92 Å². The van der Waals surface area contributed by atoms with E-state index < -0.39 is 9.84 Å². The minimum Gasteiger partial charge on any atom is -0.490 e. The van der Waals surface area contributed by atoms with Crippen molar-refractivity contribution in [2.24, 2.45) is 0 Å². The average Bonchev–Trinajstić information content (AvgIpc) is 3.40. The summed E-state index contributed by atoms with van der Waals surface area (Å²) in [6, 6.07) is 3.12. The first-order chi connectivity index (χ1) is 13.4. The molecular formula is C20H28ClNO5S. The molecule has 8 heteroatoms. The number of amides is 1. The molecule has 1 aromatic carbocycles. The molecule has 0 N–H and O–H groups in total. The fourth-order valence-electron chi connectivity index (χ4n) is 3.54. The normalized spacial score (nSPS) is 20.8. The lowest BCUT2D eigenvalue weighted by Crippen LogP contribution is -2.42. The van der Waals surface area contributed by atoms with Crippen molar-refractivity contribution in [2.45, 2.75) is 58.0 Å². The van der Waals surface area contributed by atoms with Gasteiger partial charge in [0.05, 0.1) is 29.7 Å². The maximum atomic E-state index is 13.3. The Morgan fingerprint density at radius 1 is 1.18 bits per heavy atom. The van der Waals surface area contributed by atoms with E-state index >= 15 is 0 Å². The van der Waals surface area contributed by atoms with Gasteiger partial charge in [0.1, 0.15) is 0 Å². The lowest BCUT2D eigenvalue weighted by molar-refractivity contribution is 0.0680. The summed E-state index contributed by atoms with van der Waals surface area (Å²) in [5.74, 6) is 0.898. The minimum atomic E-state index is -3.07. The zero-order chi connectivity index (χ0) is 20.3. The first-order valence-electron chi connectivity index (χ1n) is 9.98. The van der Waals surface area contributed by atoms with Crippen LogP contribution in [0.5, 0.6) is 11.5 Å². The van der Waals surface area contributed by atoms with Gasteiger partial charge in [-0.25, -0.2) is 8.42 Å². The molecule has 1 aromatic rings. The number of carbonyl (C=O) groups is 1. The highest BCUT2D eigenvalue weighted by Gasteiger charge is 2.42. The van der Waals surface area contributed by atoms with E-state index in [4.69, 9.17) is 21.1 Å². The maximum Gasteiger partial charge on any atom is 0.254 e. The molecule has 1 aliphatic heterocycles. The number of unbranched alkanes of at least 4 members (excludes halogenated alkanes) is 1.